The van der Waals surface area contributed by atoms with Gasteiger partial charge in [0.05, 0.1) is 74.4 Å². The zero-order chi connectivity index (χ0) is 51.6. The first kappa shape index (κ1) is 49.9. The van der Waals surface area contributed by atoms with Gasteiger partial charge in [-0.05, 0) is 99.8 Å². The third-order valence-electron chi connectivity index (χ3n) is 10.8. The van der Waals surface area contributed by atoms with Crippen LogP contribution in [0.2, 0.25) is 0 Å². The van der Waals surface area contributed by atoms with E-state index in [9.17, 15) is 13.8 Å². The zero-order valence-electron chi connectivity index (χ0n) is 41.5. The van der Waals surface area contributed by atoms with Crippen molar-refractivity contribution in [2.24, 2.45) is 14.1 Å². The minimum Gasteiger partial charge on any atom is -0.444 e. The van der Waals surface area contributed by atoms with Crippen molar-refractivity contribution in [2.75, 3.05) is 11.6 Å². The highest BCUT2D eigenvalue weighted by Crippen LogP contribution is 2.35. The van der Waals surface area contributed by atoms with Gasteiger partial charge in [0, 0.05) is 93.1 Å². The molecule has 10 rings (SSSR count). The van der Waals surface area contributed by atoms with Gasteiger partial charge in [-0.2, -0.15) is 10.2 Å². The Morgan fingerprint density at radius 3 is 1.68 bits per heavy atom. The number of aromatic nitrogens is 12. The van der Waals surface area contributed by atoms with Gasteiger partial charge in [0.1, 0.15) is 11.2 Å². The Labute approximate surface area is 430 Å². The van der Waals surface area contributed by atoms with E-state index in [0.29, 0.717) is 34.4 Å². The molecule has 0 bridgehead atoms. The molecule has 10 aromatic rings. The first-order chi connectivity index (χ1) is 34.9. The second-order valence-electron chi connectivity index (χ2n) is 18.7. The van der Waals surface area contributed by atoms with E-state index < -0.39 is 34.2 Å². The molecular weight excluding hydrogens is 987 g/mol. The maximum Gasteiger partial charge on any atom is 0.407 e. The highest BCUT2D eigenvalue weighted by molar-refractivity contribution is 7.84. The molecule has 73 heavy (non-hydrogen) atoms. The highest BCUT2D eigenvalue weighted by atomic mass is 32.2. The normalized spacial score (nSPS) is 12.1. The van der Waals surface area contributed by atoms with Crippen LogP contribution in [0.4, 0.5) is 21.1 Å². The number of aryl methyl sites for hydroxylation is 2. The summed E-state index contributed by atoms with van der Waals surface area (Å²) in [6, 6.07) is 11.9. The molecule has 0 aliphatic carbocycles. The SMILES string of the molecule is Cn1cc(-c2cnc3c(Nc4ccc(-n5ccnc5)cc4)nc(-c4sccc4CNC(=O)OC(C)(C)C)cn23)cn1.Cn1cc(-c2cnc3c(S(C)=O)nc(-c4sccc4CNC(=O)OC(C)(C)C)cn23)cn1. The second-order valence-corrected chi connectivity index (χ2v) is 21.9. The molecule has 2 amide bonds. The van der Waals surface area contributed by atoms with E-state index in [1.54, 1.807) is 51.9 Å². The van der Waals surface area contributed by atoms with Gasteiger partial charge in [0.25, 0.3) is 0 Å². The molecule has 0 fully saturated rings. The van der Waals surface area contributed by atoms with E-state index in [1.807, 2.05) is 160 Å². The van der Waals surface area contributed by atoms with Crippen LogP contribution in [-0.4, -0.2) is 91.7 Å². The predicted molar refractivity (Wildman–Crippen MR) is 282 cm³/mol. The fourth-order valence-electron chi connectivity index (χ4n) is 7.61. The van der Waals surface area contributed by atoms with Gasteiger partial charge in [-0.25, -0.2) is 34.5 Å². The summed E-state index contributed by atoms with van der Waals surface area (Å²) in [5.74, 6) is 0.604. The quantitative estimate of drug-likeness (QED) is 0.104. The van der Waals surface area contributed by atoms with Crippen molar-refractivity contribution in [3.05, 3.63) is 127 Å². The first-order valence-electron chi connectivity index (χ1n) is 22.9. The second kappa shape index (κ2) is 20.6. The maximum atomic E-state index is 12.5. The molecular formula is C50H53N15O5S3. The van der Waals surface area contributed by atoms with E-state index in [-0.39, 0.29) is 6.54 Å². The van der Waals surface area contributed by atoms with Gasteiger partial charge in [0.15, 0.2) is 22.1 Å². The minimum atomic E-state index is -1.34. The number of nitrogens with one attached hydrogen (secondary N) is 3. The number of amides is 2. The number of nitrogens with zero attached hydrogens (tertiary/aromatic N) is 12. The Balaban J connectivity index is 0.000000186. The van der Waals surface area contributed by atoms with Gasteiger partial charge in [-0.1, -0.05) is 0 Å². The van der Waals surface area contributed by atoms with Gasteiger partial charge in [-0.3, -0.25) is 22.4 Å². The molecule has 9 aromatic heterocycles. The summed E-state index contributed by atoms with van der Waals surface area (Å²) in [5.41, 5.74) is 8.71. The first-order valence-corrected chi connectivity index (χ1v) is 26.2. The number of benzene rings is 1. The van der Waals surface area contributed by atoms with Crippen molar-refractivity contribution in [3.8, 4) is 49.3 Å². The van der Waals surface area contributed by atoms with Crippen LogP contribution in [0.25, 0.3) is 60.6 Å². The summed E-state index contributed by atoms with van der Waals surface area (Å²) < 4.78 is 32.5. The molecule has 0 saturated carbocycles. The number of thiophene rings is 2. The summed E-state index contributed by atoms with van der Waals surface area (Å²) in [5, 5.41) is 22.0. The number of carbonyl (C=O) groups is 2. The van der Waals surface area contributed by atoms with Crippen molar-refractivity contribution in [1.82, 2.24) is 68.5 Å². The number of ether oxygens (including phenoxy) is 2. The third kappa shape index (κ3) is 11.7. The van der Waals surface area contributed by atoms with Crippen molar-refractivity contribution >= 4 is 68.5 Å². The lowest BCUT2D eigenvalue weighted by molar-refractivity contribution is 0.0512. The van der Waals surface area contributed by atoms with Crippen LogP contribution in [-0.2, 0) is 47.5 Å². The van der Waals surface area contributed by atoms with Gasteiger partial charge in [0.2, 0.25) is 0 Å². The number of alkyl carbamates (subject to hydrolysis) is 2. The van der Waals surface area contributed by atoms with Crippen LogP contribution in [0, 0.1) is 0 Å². The maximum absolute atomic E-state index is 12.5. The fraction of sp³-hybridized carbons (Fsp3) is 0.260. The summed E-state index contributed by atoms with van der Waals surface area (Å²) in [7, 11) is 2.39. The lowest BCUT2D eigenvalue weighted by Crippen LogP contribution is -2.32. The summed E-state index contributed by atoms with van der Waals surface area (Å²) in [6.45, 7) is 11.6. The number of hydrogen-bond acceptors (Lipinski definition) is 15. The number of anilines is 2. The van der Waals surface area contributed by atoms with Gasteiger partial charge < -0.3 is 30.0 Å². The number of fused-ring (bicyclic) bond motifs is 2. The van der Waals surface area contributed by atoms with Crippen LogP contribution in [0.1, 0.15) is 52.7 Å². The Bertz CT molecular complexity index is 3590. The molecule has 0 saturated heterocycles. The minimum absolute atomic E-state index is 0.289. The fourth-order valence-corrected chi connectivity index (χ4v) is 10.00. The van der Waals surface area contributed by atoms with Crippen molar-refractivity contribution in [3.63, 3.8) is 0 Å². The smallest absolute Gasteiger partial charge is 0.407 e. The molecule has 0 radical (unpaired) electrons. The molecule has 0 aliphatic heterocycles. The monoisotopic (exact) mass is 1040 g/mol. The molecule has 1 unspecified atom stereocenters. The summed E-state index contributed by atoms with van der Waals surface area (Å²) in [4.78, 5) is 49.2. The lowest BCUT2D eigenvalue weighted by Gasteiger charge is -2.19. The highest BCUT2D eigenvalue weighted by Gasteiger charge is 2.22. The Morgan fingerprint density at radius 2 is 1.21 bits per heavy atom. The van der Waals surface area contributed by atoms with E-state index in [0.717, 1.165) is 60.5 Å². The average Bonchev–Trinajstić information content (AvgIpc) is 4.19. The molecule has 376 valence electrons. The van der Waals surface area contributed by atoms with E-state index >= 15 is 0 Å². The summed E-state index contributed by atoms with van der Waals surface area (Å²) in [6.07, 6.45) is 20.9. The molecule has 1 atom stereocenters. The number of imidazole rings is 3. The molecule has 3 N–H and O–H groups in total. The van der Waals surface area contributed by atoms with E-state index in [2.05, 4.69) is 41.1 Å². The Morgan fingerprint density at radius 1 is 0.685 bits per heavy atom. The number of rotatable bonds is 12. The van der Waals surface area contributed by atoms with Crippen molar-refractivity contribution in [1.29, 1.82) is 0 Å². The van der Waals surface area contributed by atoms with Crippen molar-refractivity contribution < 1.29 is 23.3 Å². The largest absolute Gasteiger partial charge is 0.444 e. The lowest BCUT2D eigenvalue weighted by atomic mass is 10.2. The van der Waals surface area contributed by atoms with Crippen LogP contribution >= 0.6 is 22.7 Å². The molecule has 23 heteroatoms. The Hall–Kier alpha value is -8.02. The van der Waals surface area contributed by atoms with Crippen LogP contribution in [0.3, 0.4) is 0 Å². The number of carbonyl (C=O) groups excluding carboxylic acids is 2. The molecule has 1 aromatic carbocycles. The summed E-state index contributed by atoms with van der Waals surface area (Å²) >= 11 is 3.06. The van der Waals surface area contributed by atoms with Crippen LogP contribution < -0.4 is 16.0 Å². The molecule has 0 spiro atoms. The number of hydrogen-bond donors (Lipinski definition) is 3. The van der Waals surface area contributed by atoms with E-state index in [4.69, 9.17) is 19.4 Å². The molecule has 9 heterocycles. The third-order valence-corrected chi connectivity index (χ3v) is 13.5. The Kier molecular flexibility index (Phi) is 14.1. The van der Waals surface area contributed by atoms with Gasteiger partial charge >= 0.3 is 12.2 Å². The molecule has 0 aliphatic rings. The molecule has 20 nitrogen and oxygen atoms in total. The van der Waals surface area contributed by atoms with Crippen molar-refractivity contribution in [2.45, 2.75) is 70.9 Å². The average molecular weight is 1040 g/mol. The predicted octanol–water partition coefficient (Wildman–Crippen LogP) is 9.43. The zero-order valence-corrected chi connectivity index (χ0v) is 44.0. The van der Waals surface area contributed by atoms with Gasteiger partial charge in [-0.15, -0.1) is 22.7 Å². The van der Waals surface area contributed by atoms with Crippen LogP contribution in [0.15, 0.2) is 120 Å². The van der Waals surface area contributed by atoms with E-state index in [1.165, 1.54) is 11.3 Å². The van der Waals surface area contributed by atoms with Crippen LogP contribution in [0.5, 0.6) is 0 Å². The standard InChI is InChI=1S/C29H29N9O2S.C21H24N6O3S2/c1-29(2,3)40-28(39)32-13-19-9-12-41-25(19)23-17-38-24(20-14-33-36(4)16-20)15-31-27(38)26(35-23)34-21-5-7-22(8-6-21)37-11-10-30-18-37;1-21(2,3)30-20(28)23-8-13-6-7-31-17(13)15-12-27-16(14-9-24-26(4)11-14)10-22-18(27)19(25-15)32(5)29/h5-12,14-18H,13H2,1-4H3,(H,32,39)(H,34,35);6-7,9-12H,8H2,1-5H3,(H,23,28). The topological polar surface area (TPSA) is 220 Å².